The second kappa shape index (κ2) is 5.45. The van der Waals surface area contributed by atoms with Gasteiger partial charge in [0.1, 0.15) is 11.5 Å². The zero-order chi connectivity index (χ0) is 17.0. The highest BCUT2D eigenvalue weighted by Gasteiger charge is 2.51. The zero-order valence-corrected chi connectivity index (χ0v) is 14.2. The van der Waals surface area contributed by atoms with E-state index in [1.165, 1.54) is 25.3 Å². The number of aromatic amines is 1. The molecule has 4 aliphatic rings. The molecule has 1 aromatic heterocycles. The fraction of sp³-hybridized carbons (Fsp3) is 0.476. The smallest absolute Gasteiger partial charge is 0.268 e. The van der Waals surface area contributed by atoms with Crippen molar-refractivity contribution in [1.82, 2.24) is 10.3 Å². The van der Waals surface area contributed by atoms with Crippen LogP contribution in [0.5, 0.6) is 0 Å². The van der Waals surface area contributed by atoms with Gasteiger partial charge in [0, 0.05) is 22.9 Å². The fourth-order valence-corrected chi connectivity index (χ4v) is 5.95. The molecule has 3 nitrogen and oxygen atoms in total. The number of halogens is 1. The van der Waals surface area contributed by atoms with E-state index in [0.29, 0.717) is 16.8 Å². The third kappa shape index (κ3) is 2.59. The van der Waals surface area contributed by atoms with Crippen LogP contribution in [0.4, 0.5) is 4.39 Å². The van der Waals surface area contributed by atoms with Gasteiger partial charge in [0.25, 0.3) is 5.91 Å². The van der Waals surface area contributed by atoms with Crippen LogP contribution in [0.2, 0.25) is 0 Å². The van der Waals surface area contributed by atoms with Crippen molar-refractivity contribution in [2.45, 2.75) is 44.1 Å². The zero-order valence-electron chi connectivity index (χ0n) is 14.2. The lowest BCUT2D eigenvalue weighted by molar-refractivity contribution is -0.0167. The Balaban J connectivity index is 1.36. The van der Waals surface area contributed by atoms with E-state index in [0.717, 1.165) is 37.0 Å². The predicted molar refractivity (Wildman–Crippen MR) is 94.6 cm³/mol. The van der Waals surface area contributed by atoms with Crippen LogP contribution < -0.4 is 5.32 Å². The average Bonchev–Trinajstić information content (AvgIpc) is 3.03. The number of hydrogen-bond acceptors (Lipinski definition) is 1. The summed E-state index contributed by atoms with van der Waals surface area (Å²) >= 11 is 0. The van der Waals surface area contributed by atoms with Gasteiger partial charge in [-0.25, -0.2) is 4.39 Å². The van der Waals surface area contributed by atoms with E-state index >= 15 is 0 Å². The second-order valence-corrected chi connectivity index (χ2v) is 8.43. The van der Waals surface area contributed by atoms with Crippen LogP contribution in [0, 0.1) is 23.6 Å². The molecule has 2 aromatic rings. The van der Waals surface area contributed by atoms with Gasteiger partial charge in [-0.3, -0.25) is 4.79 Å². The average molecular weight is 338 g/mol. The molecule has 4 fully saturated rings. The van der Waals surface area contributed by atoms with Crippen molar-refractivity contribution in [2.24, 2.45) is 17.8 Å². The van der Waals surface area contributed by atoms with E-state index < -0.39 is 0 Å². The molecule has 0 unspecified atom stereocenters. The quantitative estimate of drug-likeness (QED) is 0.849. The molecule has 1 aromatic carbocycles. The molecule has 0 aliphatic heterocycles. The van der Waals surface area contributed by atoms with Crippen LogP contribution in [-0.4, -0.2) is 16.4 Å². The Labute approximate surface area is 147 Å². The number of carbonyl (C=O) groups is 1. The highest BCUT2D eigenvalue weighted by molar-refractivity contribution is 5.94. The molecule has 2 N–H and O–H groups in total. The molecule has 1 heterocycles. The van der Waals surface area contributed by atoms with Gasteiger partial charge in [-0.05, 0) is 68.4 Å². The summed E-state index contributed by atoms with van der Waals surface area (Å²) in [5, 5.41) is 3.36. The molecule has 1 amide bonds. The molecule has 25 heavy (non-hydrogen) atoms. The summed E-state index contributed by atoms with van der Waals surface area (Å²) in [6.45, 7) is 0. The van der Waals surface area contributed by atoms with Gasteiger partial charge in [-0.15, -0.1) is 0 Å². The minimum absolute atomic E-state index is 0.00486. The van der Waals surface area contributed by atoms with Crippen molar-refractivity contribution < 1.29 is 9.18 Å². The van der Waals surface area contributed by atoms with Gasteiger partial charge in [0.15, 0.2) is 0 Å². The van der Waals surface area contributed by atoms with Crippen molar-refractivity contribution in [3.05, 3.63) is 48.0 Å². The number of amides is 1. The molecular formula is C21H23FN2O. The van der Waals surface area contributed by atoms with Crippen LogP contribution in [0.1, 0.15) is 49.0 Å². The van der Waals surface area contributed by atoms with Crippen LogP contribution in [0.25, 0.3) is 11.1 Å². The third-order valence-corrected chi connectivity index (χ3v) is 6.53. The summed E-state index contributed by atoms with van der Waals surface area (Å²) < 4.78 is 14.0. The number of H-pyrrole nitrogens is 1. The Kier molecular flexibility index (Phi) is 3.31. The molecule has 4 bridgehead atoms. The number of nitrogens with one attached hydrogen (secondary N) is 2. The first-order valence-corrected chi connectivity index (χ1v) is 9.36. The van der Waals surface area contributed by atoms with E-state index in [9.17, 15) is 9.18 Å². The normalized spacial score (nSPS) is 32.8. The van der Waals surface area contributed by atoms with Gasteiger partial charge >= 0.3 is 0 Å². The molecule has 0 saturated heterocycles. The summed E-state index contributed by atoms with van der Waals surface area (Å²) in [5.41, 5.74) is 1.75. The van der Waals surface area contributed by atoms with E-state index in [4.69, 9.17) is 0 Å². The third-order valence-electron chi connectivity index (χ3n) is 6.53. The summed E-state index contributed by atoms with van der Waals surface area (Å²) in [6, 6.07) is 8.41. The summed E-state index contributed by atoms with van der Waals surface area (Å²) in [7, 11) is 0. The van der Waals surface area contributed by atoms with Crippen LogP contribution >= 0.6 is 0 Å². The topological polar surface area (TPSA) is 44.9 Å². The molecule has 0 atom stereocenters. The maximum absolute atomic E-state index is 14.0. The summed E-state index contributed by atoms with van der Waals surface area (Å²) in [6.07, 6.45) is 9.18. The van der Waals surface area contributed by atoms with Crippen LogP contribution in [0.15, 0.2) is 36.5 Å². The molecule has 0 spiro atoms. The Morgan fingerprint density at radius 3 is 2.36 bits per heavy atom. The highest BCUT2D eigenvalue weighted by atomic mass is 19.1. The van der Waals surface area contributed by atoms with Crippen molar-refractivity contribution in [2.75, 3.05) is 0 Å². The fourth-order valence-electron chi connectivity index (χ4n) is 5.95. The van der Waals surface area contributed by atoms with E-state index in [2.05, 4.69) is 10.3 Å². The van der Waals surface area contributed by atoms with Gasteiger partial charge in [-0.2, -0.15) is 0 Å². The molecule has 4 saturated carbocycles. The Hall–Kier alpha value is -2.10. The van der Waals surface area contributed by atoms with Crippen molar-refractivity contribution in [3.8, 4) is 11.1 Å². The van der Waals surface area contributed by atoms with Gasteiger partial charge in [0.05, 0.1) is 0 Å². The molecule has 4 heteroatoms. The Morgan fingerprint density at radius 1 is 1.08 bits per heavy atom. The van der Waals surface area contributed by atoms with Crippen LogP contribution in [0.3, 0.4) is 0 Å². The van der Waals surface area contributed by atoms with Crippen LogP contribution in [-0.2, 0) is 0 Å². The standard InChI is InChI=1S/C21H23FN2O/c22-18-4-2-1-3-17(18)16-8-19(23-12-16)20(25)24-21-9-13-5-14(10-21)7-15(6-13)11-21/h1-4,8,12-15,23H,5-7,9-11H2,(H,24,25). The molecule has 130 valence electrons. The van der Waals surface area contributed by atoms with Crippen molar-refractivity contribution in [1.29, 1.82) is 0 Å². The Morgan fingerprint density at radius 2 is 1.72 bits per heavy atom. The minimum atomic E-state index is -0.269. The van der Waals surface area contributed by atoms with E-state index in [1.54, 1.807) is 30.5 Å². The number of carbonyl (C=O) groups excluding carboxylic acids is 1. The van der Waals surface area contributed by atoms with Gasteiger partial charge in [0.2, 0.25) is 0 Å². The lowest BCUT2D eigenvalue weighted by atomic mass is 9.53. The molecule has 6 rings (SSSR count). The lowest BCUT2D eigenvalue weighted by Gasteiger charge is -2.56. The summed E-state index contributed by atoms with van der Waals surface area (Å²) in [5.74, 6) is 2.07. The Bertz CT molecular complexity index is 790. The maximum Gasteiger partial charge on any atom is 0.268 e. The van der Waals surface area contributed by atoms with E-state index in [1.807, 2.05) is 0 Å². The SMILES string of the molecule is O=C(NC12CC3CC(CC(C3)C1)C2)c1cc(-c2ccccc2F)c[nH]1. The maximum atomic E-state index is 14.0. The van der Waals surface area contributed by atoms with Gasteiger partial charge in [-0.1, -0.05) is 18.2 Å². The first-order valence-electron chi connectivity index (χ1n) is 9.36. The monoisotopic (exact) mass is 338 g/mol. The molecular weight excluding hydrogens is 315 g/mol. The van der Waals surface area contributed by atoms with Crippen molar-refractivity contribution in [3.63, 3.8) is 0 Å². The number of aromatic nitrogens is 1. The highest BCUT2D eigenvalue weighted by Crippen LogP contribution is 2.55. The first kappa shape index (κ1) is 15.2. The number of benzene rings is 1. The van der Waals surface area contributed by atoms with Gasteiger partial charge < -0.3 is 10.3 Å². The molecule has 4 aliphatic carbocycles. The molecule has 0 radical (unpaired) electrons. The largest absolute Gasteiger partial charge is 0.357 e. The lowest BCUT2D eigenvalue weighted by Crippen LogP contribution is -2.59. The summed E-state index contributed by atoms with van der Waals surface area (Å²) in [4.78, 5) is 15.9. The number of rotatable bonds is 3. The first-order chi connectivity index (χ1) is 12.1. The van der Waals surface area contributed by atoms with E-state index in [-0.39, 0.29) is 17.3 Å². The van der Waals surface area contributed by atoms with Crippen molar-refractivity contribution >= 4 is 5.91 Å². The minimum Gasteiger partial charge on any atom is -0.357 e. The second-order valence-electron chi connectivity index (χ2n) is 8.43. The number of hydrogen-bond donors (Lipinski definition) is 2. The predicted octanol–water partition coefficient (Wildman–Crippen LogP) is 4.52.